The van der Waals surface area contributed by atoms with E-state index in [-0.39, 0.29) is 5.78 Å². The second kappa shape index (κ2) is 7.46. The third-order valence-corrected chi connectivity index (χ3v) is 3.82. The van der Waals surface area contributed by atoms with Crippen molar-refractivity contribution in [1.29, 1.82) is 0 Å². The Balaban J connectivity index is 2.36. The van der Waals surface area contributed by atoms with Crippen molar-refractivity contribution in [3.63, 3.8) is 0 Å². The predicted molar refractivity (Wildman–Crippen MR) is 86.7 cm³/mol. The van der Waals surface area contributed by atoms with Crippen molar-refractivity contribution in [3.05, 3.63) is 28.8 Å². The van der Waals surface area contributed by atoms with E-state index in [4.69, 9.17) is 16.4 Å². The monoisotopic (exact) mass is 308 g/mol. The summed E-state index contributed by atoms with van der Waals surface area (Å²) in [4.78, 5) is 18.5. The van der Waals surface area contributed by atoms with E-state index in [1.54, 1.807) is 13.1 Å². The first-order chi connectivity index (χ1) is 10.2. The van der Waals surface area contributed by atoms with E-state index in [9.17, 15) is 4.79 Å². The van der Waals surface area contributed by atoms with Gasteiger partial charge in [0.2, 0.25) is 0 Å². The average Bonchev–Trinajstić information content (AvgIpc) is 2.85. The molecule has 0 spiro atoms. The molecule has 1 aliphatic rings. The van der Waals surface area contributed by atoms with Crippen LogP contribution in [0.15, 0.2) is 17.3 Å². The number of rotatable bonds is 7. The Morgan fingerprint density at radius 1 is 1.52 bits per heavy atom. The minimum atomic E-state index is 0.168. The van der Waals surface area contributed by atoms with Gasteiger partial charge in [-0.05, 0) is 37.0 Å². The van der Waals surface area contributed by atoms with Gasteiger partial charge in [0, 0.05) is 36.6 Å². The molecule has 21 heavy (non-hydrogen) atoms. The number of nitrogens with zero attached hydrogens (tertiary/aromatic N) is 2. The Morgan fingerprint density at radius 2 is 2.33 bits per heavy atom. The zero-order valence-electron chi connectivity index (χ0n) is 12.6. The van der Waals surface area contributed by atoms with Crippen molar-refractivity contribution < 1.29 is 9.63 Å². The van der Waals surface area contributed by atoms with Gasteiger partial charge in [-0.15, -0.1) is 11.6 Å². The standard InChI is InChI=1S/C16H21ClN2O2/c1-12(20)8-13-9-14-4-7-19(6-3-5-17)16(14)15(10-13)11-18-21-2/h9-11H,3-8H2,1-2H3. The molecule has 0 radical (unpaired) electrons. The van der Waals surface area contributed by atoms with E-state index in [0.717, 1.165) is 37.1 Å². The van der Waals surface area contributed by atoms with Gasteiger partial charge in [0.15, 0.2) is 0 Å². The number of hydrogen-bond donors (Lipinski definition) is 0. The van der Waals surface area contributed by atoms with Gasteiger partial charge in [0.1, 0.15) is 12.9 Å². The number of fused-ring (bicyclic) bond motifs is 1. The molecule has 0 fully saturated rings. The van der Waals surface area contributed by atoms with Crippen molar-refractivity contribution in [2.75, 3.05) is 31.0 Å². The number of Topliss-reactive ketones (excluding diaryl/α,β-unsaturated/α-hetero) is 1. The second-order valence-corrected chi connectivity index (χ2v) is 5.65. The summed E-state index contributed by atoms with van der Waals surface area (Å²) in [5, 5.41) is 3.89. The predicted octanol–water partition coefficient (Wildman–Crippen LogP) is 2.79. The van der Waals surface area contributed by atoms with Crippen molar-refractivity contribution in [1.82, 2.24) is 0 Å². The number of hydrogen-bond acceptors (Lipinski definition) is 4. The molecule has 0 unspecified atom stereocenters. The number of carbonyl (C=O) groups is 1. The summed E-state index contributed by atoms with van der Waals surface area (Å²) in [6.45, 7) is 3.54. The van der Waals surface area contributed by atoms with E-state index in [1.165, 1.54) is 18.4 Å². The van der Waals surface area contributed by atoms with Crippen LogP contribution in [0.5, 0.6) is 0 Å². The maximum atomic E-state index is 11.4. The molecule has 0 N–H and O–H groups in total. The van der Waals surface area contributed by atoms with Crippen LogP contribution in [0.25, 0.3) is 0 Å². The summed E-state index contributed by atoms with van der Waals surface area (Å²) >= 11 is 5.80. The lowest BCUT2D eigenvalue weighted by Crippen LogP contribution is -2.23. The van der Waals surface area contributed by atoms with Crippen molar-refractivity contribution >= 4 is 29.3 Å². The lowest BCUT2D eigenvalue weighted by atomic mass is 10.00. The molecular formula is C16H21ClN2O2. The first kappa shape index (κ1) is 15.8. The van der Waals surface area contributed by atoms with Gasteiger partial charge in [-0.1, -0.05) is 11.2 Å². The maximum Gasteiger partial charge on any atom is 0.134 e. The van der Waals surface area contributed by atoms with E-state index in [0.29, 0.717) is 12.3 Å². The highest BCUT2D eigenvalue weighted by Crippen LogP contribution is 2.32. The summed E-state index contributed by atoms with van der Waals surface area (Å²) in [6, 6.07) is 4.17. The van der Waals surface area contributed by atoms with E-state index < -0.39 is 0 Å². The van der Waals surface area contributed by atoms with Gasteiger partial charge in [-0.3, -0.25) is 4.79 Å². The van der Waals surface area contributed by atoms with Gasteiger partial charge in [-0.25, -0.2) is 0 Å². The molecule has 0 aliphatic carbocycles. The molecule has 1 heterocycles. The summed E-state index contributed by atoms with van der Waals surface area (Å²) in [6.07, 6.45) is 4.14. The van der Waals surface area contributed by atoms with Crippen LogP contribution in [-0.2, 0) is 22.5 Å². The van der Waals surface area contributed by atoms with E-state index in [1.807, 2.05) is 6.07 Å². The van der Waals surface area contributed by atoms with Crippen LogP contribution in [0.4, 0.5) is 5.69 Å². The molecule has 0 atom stereocenters. The largest absolute Gasteiger partial charge is 0.399 e. The van der Waals surface area contributed by atoms with Crippen LogP contribution in [-0.4, -0.2) is 38.1 Å². The van der Waals surface area contributed by atoms with E-state index >= 15 is 0 Å². The minimum absolute atomic E-state index is 0.168. The van der Waals surface area contributed by atoms with Crippen LogP contribution >= 0.6 is 11.6 Å². The highest BCUT2D eigenvalue weighted by Gasteiger charge is 2.22. The Morgan fingerprint density at radius 3 is 3.00 bits per heavy atom. The van der Waals surface area contributed by atoms with Crippen molar-refractivity contribution in [2.45, 2.75) is 26.2 Å². The van der Waals surface area contributed by atoms with Crippen LogP contribution in [0, 0.1) is 0 Å². The van der Waals surface area contributed by atoms with Crippen LogP contribution in [0.2, 0.25) is 0 Å². The minimum Gasteiger partial charge on any atom is -0.399 e. The molecule has 1 aliphatic heterocycles. The van der Waals surface area contributed by atoms with Crippen LogP contribution < -0.4 is 4.90 Å². The molecule has 114 valence electrons. The topological polar surface area (TPSA) is 41.9 Å². The Hall–Kier alpha value is -1.55. The molecule has 0 saturated carbocycles. The molecule has 0 aromatic heterocycles. The maximum absolute atomic E-state index is 11.4. The van der Waals surface area contributed by atoms with E-state index in [2.05, 4.69) is 16.1 Å². The smallest absolute Gasteiger partial charge is 0.134 e. The van der Waals surface area contributed by atoms with Crippen molar-refractivity contribution in [3.8, 4) is 0 Å². The molecule has 4 nitrogen and oxygen atoms in total. The van der Waals surface area contributed by atoms with Crippen LogP contribution in [0.3, 0.4) is 0 Å². The molecule has 2 rings (SSSR count). The summed E-state index contributed by atoms with van der Waals surface area (Å²) in [7, 11) is 1.53. The van der Waals surface area contributed by atoms with Crippen LogP contribution in [0.1, 0.15) is 30.0 Å². The van der Waals surface area contributed by atoms with Gasteiger partial charge in [0.05, 0.1) is 6.21 Å². The number of anilines is 1. The van der Waals surface area contributed by atoms with Crippen molar-refractivity contribution in [2.24, 2.45) is 5.16 Å². The summed E-state index contributed by atoms with van der Waals surface area (Å²) < 4.78 is 0. The third kappa shape index (κ3) is 3.97. The Labute approximate surface area is 130 Å². The quantitative estimate of drug-likeness (QED) is 0.442. The summed E-state index contributed by atoms with van der Waals surface area (Å²) in [5.74, 6) is 0.831. The molecule has 1 aromatic carbocycles. The Bertz CT molecular complexity index is 543. The first-order valence-electron chi connectivity index (χ1n) is 7.18. The fourth-order valence-corrected chi connectivity index (χ4v) is 2.92. The highest BCUT2D eigenvalue weighted by molar-refractivity contribution is 6.17. The van der Waals surface area contributed by atoms with Gasteiger partial charge < -0.3 is 9.74 Å². The molecule has 0 amide bonds. The fraction of sp³-hybridized carbons (Fsp3) is 0.500. The number of ketones is 1. The highest BCUT2D eigenvalue weighted by atomic mass is 35.5. The lowest BCUT2D eigenvalue weighted by Gasteiger charge is -2.21. The summed E-state index contributed by atoms with van der Waals surface area (Å²) in [5.41, 5.74) is 4.53. The molecule has 0 bridgehead atoms. The number of halogens is 1. The van der Waals surface area contributed by atoms with Gasteiger partial charge >= 0.3 is 0 Å². The third-order valence-electron chi connectivity index (χ3n) is 3.56. The number of oxime groups is 1. The number of benzene rings is 1. The average molecular weight is 309 g/mol. The normalized spacial score (nSPS) is 13.8. The number of alkyl halides is 1. The SMILES string of the molecule is CON=Cc1cc(CC(C)=O)cc2c1N(CCCCl)CC2. The second-order valence-electron chi connectivity index (χ2n) is 5.27. The zero-order chi connectivity index (χ0) is 15.2. The fourth-order valence-electron chi connectivity index (χ4n) is 2.80. The Kier molecular flexibility index (Phi) is 5.62. The van der Waals surface area contributed by atoms with Gasteiger partial charge in [0.25, 0.3) is 0 Å². The number of carbonyl (C=O) groups excluding carboxylic acids is 1. The first-order valence-corrected chi connectivity index (χ1v) is 7.72. The van der Waals surface area contributed by atoms with Gasteiger partial charge in [-0.2, -0.15) is 0 Å². The molecule has 5 heteroatoms. The molecule has 1 aromatic rings. The molecular weight excluding hydrogens is 288 g/mol. The lowest BCUT2D eigenvalue weighted by molar-refractivity contribution is -0.116. The molecule has 0 saturated heterocycles. The zero-order valence-corrected chi connectivity index (χ0v) is 13.3.